The Labute approximate surface area is 123 Å². The zero-order valence-electron chi connectivity index (χ0n) is 12.4. The van der Waals surface area contributed by atoms with Gasteiger partial charge in [0.05, 0.1) is 0 Å². The predicted octanol–water partition coefficient (Wildman–Crippen LogP) is 2.22. The van der Waals surface area contributed by atoms with Gasteiger partial charge in [0.25, 0.3) is 0 Å². The number of hydrogen-bond donors (Lipinski definition) is 1. The Morgan fingerprint density at radius 2 is 1.81 bits per heavy atom. The SMILES string of the molecule is CC(=O)N1CCCN(C(=O)Nc2cc(F)ccc2C)CC1. The fourth-order valence-corrected chi connectivity index (χ4v) is 2.36. The van der Waals surface area contributed by atoms with Crippen LogP contribution in [0.3, 0.4) is 0 Å². The quantitative estimate of drug-likeness (QED) is 0.863. The van der Waals surface area contributed by atoms with Crippen molar-refractivity contribution in [1.82, 2.24) is 9.80 Å². The van der Waals surface area contributed by atoms with Crippen LogP contribution in [0.15, 0.2) is 18.2 Å². The molecule has 1 aliphatic rings. The molecule has 0 atom stereocenters. The molecule has 0 bridgehead atoms. The zero-order chi connectivity index (χ0) is 15.4. The average Bonchev–Trinajstić information content (AvgIpc) is 2.68. The number of rotatable bonds is 1. The third-order valence-electron chi connectivity index (χ3n) is 3.67. The first-order chi connectivity index (χ1) is 9.97. The van der Waals surface area contributed by atoms with E-state index in [0.29, 0.717) is 31.9 Å². The summed E-state index contributed by atoms with van der Waals surface area (Å²) in [5.74, 6) is -0.354. The van der Waals surface area contributed by atoms with Gasteiger partial charge in [-0.3, -0.25) is 4.79 Å². The summed E-state index contributed by atoms with van der Waals surface area (Å²) in [6.07, 6.45) is 0.745. The molecule has 114 valence electrons. The van der Waals surface area contributed by atoms with Crippen molar-refractivity contribution in [2.45, 2.75) is 20.3 Å². The molecule has 1 fully saturated rings. The number of carbonyl (C=O) groups excluding carboxylic acids is 2. The van der Waals surface area contributed by atoms with Crippen LogP contribution < -0.4 is 5.32 Å². The number of halogens is 1. The smallest absolute Gasteiger partial charge is 0.321 e. The van der Waals surface area contributed by atoms with Crippen LogP contribution in [-0.2, 0) is 4.79 Å². The van der Waals surface area contributed by atoms with E-state index >= 15 is 0 Å². The highest BCUT2D eigenvalue weighted by atomic mass is 19.1. The van der Waals surface area contributed by atoms with E-state index in [1.807, 2.05) is 6.92 Å². The van der Waals surface area contributed by atoms with Gasteiger partial charge < -0.3 is 15.1 Å². The van der Waals surface area contributed by atoms with Gasteiger partial charge in [0.15, 0.2) is 0 Å². The average molecular weight is 293 g/mol. The second-order valence-corrected chi connectivity index (χ2v) is 5.24. The van der Waals surface area contributed by atoms with Crippen LogP contribution in [0.1, 0.15) is 18.9 Å². The van der Waals surface area contributed by atoms with Crippen molar-refractivity contribution in [3.05, 3.63) is 29.6 Å². The molecule has 1 aliphatic heterocycles. The Morgan fingerprint density at radius 1 is 1.14 bits per heavy atom. The van der Waals surface area contributed by atoms with Gasteiger partial charge in [-0.2, -0.15) is 0 Å². The molecule has 0 unspecified atom stereocenters. The second-order valence-electron chi connectivity index (χ2n) is 5.24. The minimum atomic E-state index is -0.380. The van der Waals surface area contributed by atoms with E-state index in [0.717, 1.165) is 12.0 Å². The molecule has 5 nitrogen and oxygen atoms in total. The third-order valence-corrected chi connectivity index (χ3v) is 3.67. The first-order valence-electron chi connectivity index (χ1n) is 7.05. The van der Waals surface area contributed by atoms with E-state index < -0.39 is 0 Å². The van der Waals surface area contributed by atoms with Crippen LogP contribution in [0.4, 0.5) is 14.9 Å². The molecule has 0 aromatic heterocycles. The van der Waals surface area contributed by atoms with Crippen LogP contribution in [-0.4, -0.2) is 47.9 Å². The molecule has 1 aromatic rings. The van der Waals surface area contributed by atoms with Crippen LogP contribution in [0.25, 0.3) is 0 Å². The lowest BCUT2D eigenvalue weighted by Gasteiger charge is -2.22. The van der Waals surface area contributed by atoms with Crippen LogP contribution in [0.5, 0.6) is 0 Å². The van der Waals surface area contributed by atoms with Crippen LogP contribution in [0.2, 0.25) is 0 Å². The second kappa shape index (κ2) is 6.56. The summed E-state index contributed by atoms with van der Waals surface area (Å²) in [7, 11) is 0. The van der Waals surface area contributed by atoms with E-state index in [4.69, 9.17) is 0 Å². The van der Waals surface area contributed by atoms with Gasteiger partial charge in [0.2, 0.25) is 5.91 Å². The number of benzene rings is 1. The number of amides is 3. The van der Waals surface area contributed by atoms with Gasteiger partial charge in [0, 0.05) is 38.8 Å². The molecule has 0 aliphatic carbocycles. The summed E-state index contributed by atoms with van der Waals surface area (Å²) < 4.78 is 13.2. The van der Waals surface area contributed by atoms with Gasteiger partial charge >= 0.3 is 6.03 Å². The fraction of sp³-hybridized carbons (Fsp3) is 0.467. The molecule has 6 heteroatoms. The van der Waals surface area contributed by atoms with Gasteiger partial charge in [0.1, 0.15) is 5.82 Å². The van der Waals surface area contributed by atoms with E-state index in [1.54, 1.807) is 15.9 Å². The summed E-state index contributed by atoms with van der Waals surface area (Å²) in [6, 6.07) is 4.05. The lowest BCUT2D eigenvalue weighted by molar-refractivity contribution is -0.128. The Bertz CT molecular complexity index is 548. The van der Waals surface area contributed by atoms with Crippen molar-refractivity contribution in [3.8, 4) is 0 Å². The summed E-state index contributed by atoms with van der Waals surface area (Å²) >= 11 is 0. The zero-order valence-corrected chi connectivity index (χ0v) is 12.4. The maximum atomic E-state index is 13.2. The molecular weight excluding hydrogens is 273 g/mol. The maximum Gasteiger partial charge on any atom is 0.321 e. The molecule has 1 N–H and O–H groups in total. The lowest BCUT2D eigenvalue weighted by Crippen LogP contribution is -2.39. The Kier molecular flexibility index (Phi) is 4.77. The number of hydrogen-bond acceptors (Lipinski definition) is 2. The van der Waals surface area contributed by atoms with Gasteiger partial charge in [-0.25, -0.2) is 9.18 Å². The number of nitrogens with zero attached hydrogens (tertiary/aromatic N) is 2. The van der Waals surface area contributed by atoms with Crippen molar-refractivity contribution in [2.24, 2.45) is 0 Å². The number of carbonyl (C=O) groups is 2. The molecule has 1 heterocycles. The predicted molar refractivity (Wildman–Crippen MR) is 78.6 cm³/mol. The molecule has 0 spiro atoms. The Balaban J connectivity index is 2.00. The van der Waals surface area contributed by atoms with E-state index in [1.165, 1.54) is 19.1 Å². The van der Waals surface area contributed by atoms with Crippen molar-refractivity contribution >= 4 is 17.6 Å². The monoisotopic (exact) mass is 293 g/mol. The molecule has 21 heavy (non-hydrogen) atoms. The number of nitrogens with one attached hydrogen (secondary N) is 1. The highest BCUT2D eigenvalue weighted by Gasteiger charge is 2.20. The van der Waals surface area contributed by atoms with Gasteiger partial charge in [-0.15, -0.1) is 0 Å². The molecule has 3 amide bonds. The standard InChI is InChI=1S/C15H20FN3O2/c1-11-4-5-13(16)10-14(11)17-15(21)19-7-3-6-18(8-9-19)12(2)20/h4-5,10H,3,6-9H2,1-2H3,(H,17,21). The molecular formula is C15H20FN3O2. The summed E-state index contributed by atoms with van der Waals surface area (Å²) in [5, 5.41) is 2.74. The summed E-state index contributed by atoms with van der Waals surface area (Å²) in [5.41, 5.74) is 1.29. The van der Waals surface area contributed by atoms with Crippen molar-refractivity contribution < 1.29 is 14.0 Å². The molecule has 0 radical (unpaired) electrons. The van der Waals surface area contributed by atoms with E-state index in [9.17, 15) is 14.0 Å². The molecule has 1 saturated heterocycles. The van der Waals surface area contributed by atoms with E-state index in [2.05, 4.69) is 5.32 Å². The van der Waals surface area contributed by atoms with Gasteiger partial charge in [-0.1, -0.05) is 6.07 Å². The van der Waals surface area contributed by atoms with Crippen molar-refractivity contribution in [1.29, 1.82) is 0 Å². The molecule has 0 saturated carbocycles. The Hall–Kier alpha value is -2.11. The van der Waals surface area contributed by atoms with Gasteiger partial charge in [-0.05, 0) is 31.0 Å². The number of aryl methyl sites for hydroxylation is 1. The molecule has 2 rings (SSSR count). The lowest BCUT2D eigenvalue weighted by atomic mass is 10.2. The maximum absolute atomic E-state index is 13.2. The Morgan fingerprint density at radius 3 is 2.52 bits per heavy atom. The first kappa shape index (κ1) is 15.3. The van der Waals surface area contributed by atoms with Crippen LogP contribution in [0, 0.1) is 12.7 Å². The summed E-state index contributed by atoms with van der Waals surface area (Å²) in [4.78, 5) is 27.0. The number of anilines is 1. The minimum absolute atomic E-state index is 0.0261. The highest BCUT2D eigenvalue weighted by Crippen LogP contribution is 2.17. The largest absolute Gasteiger partial charge is 0.341 e. The van der Waals surface area contributed by atoms with Crippen molar-refractivity contribution in [3.63, 3.8) is 0 Å². The minimum Gasteiger partial charge on any atom is -0.341 e. The summed E-state index contributed by atoms with van der Waals surface area (Å²) in [6.45, 7) is 5.62. The fourth-order valence-electron chi connectivity index (χ4n) is 2.36. The first-order valence-corrected chi connectivity index (χ1v) is 7.05. The topological polar surface area (TPSA) is 52.7 Å². The van der Waals surface area contributed by atoms with Crippen LogP contribution >= 0.6 is 0 Å². The van der Waals surface area contributed by atoms with Crippen molar-refractivity contribution in [2.75, 3.05) is 31.5 Å². The van der Waals surface area contributed by atoms with E-state index in [-0.39, 0.29) is 17.8 Å². The third kappa shape index (κ3) is 3.93. The highest BCUT2D eigenvalue weighted by molar-refractivity contribution is 5.90. The molecule has 1 aromatic carbocycles. The number of urea groups is 1. The normalized spacial score (nSPS) is 15.6.